The fourth-order valence-electron chi connectivity index (χ4n) is 2.23. The van der Waals surface area contributed by atoms with Crippen molar-refractivity contribution < 1.29 is 9.15 Å². The molecule has 2 rings (SSSR count). The van der Waals surface area contributed by atoms with Crippen molar-refractivity contribution in [3.05, 3.63) is 47.9 Å². The van der Waals surface area contributed by atoms with E-state index in [4.69, 9.17) is 9.15 Å². The van der Waals surface area contributed by atoms with Crippen LogP contribution < -0.4 is 10.1 Å². The lowest BCUT2D eigenvalue weighted by atomic mass is 10.1. The van der Waals surface area contributed by atoms with Gasteiger partial charge in [0.2, 0.25) is 0 Å². The predicted octanol–water partition coefficient (Wildman–Crippen LogP) is 4.43. The molecule has 1 heterocycles. The van der Waals surface area contributed by atoms with Crippen LogP contribution in [-0.2, 0) is 0 Å². The average Bonchev–Trinajstić information content (AvgIpc) is 2.93. The van der Waals surface area contributed by atoms with Crippen molar-refractivity contribution in [2.75, 3.05) is 19.4 Å². The maximum Gasteiger partial charge on any atom is 0.123 e. The van der Waals surface area contributed by atoms with Crippen LogP contribution in [-0.4, -0.2) is 19.4 Å². The highest BCUT2D eigenvalue weighted by Crippen LogP contribution is 2.31. The molecule has 21 heavy (non-hydrogen) atoms. The van der Waals surface area contributed by atoms with Crippen molar-refractivity contribution in [2.45, 2.75) is 31.2 Å². The quantitative estimate of drug-likeness (QED) is 0.732. The zero-order valence-electron chi connectivity index (χ0n) is 12.9. The third-order valence-corrected chi connectivity index (χ3v) is 4.61. The van der Waals surface area contributed by atoms with Gasteiger partial charge in [-0.3, -0.25) is 0 Å². The molecular formula is C17H23NO2S. The normalized spacial score (nSPS) is 12.3. The van der Waals surface area contributed by atoms with Crippen LogP contribution in [0.15, 0.2) is 45.9 Å². The molecule has 1 atom stereocenters. The molecule has 4 heteroatoms. The predicted molar refractivity (Wildman–Crippen MR) is 88.2 cm³/mol. The third kappa shape index (κ3) is 4.29. The van der Waals surface area contributed by atoms with E-state index in [0.717, 1.165) is 30.2 Å². The molecule has 1 N–H and O–H groups in total. The molecule has 0 bridgehead atoms. The zero-order chi connectivity index (χ0) is 15.1. The Morgan fingerprint density at radius 1 is 1.29 bits per heavy atom. The fraction of sp³-hybridized carbons (Fsp3) is 0.412. The summed E-state index contributed by atoms with van der Waals surface area (Å²) in [5.41, 5.74) is 1.21. The van der Waals surface area contributed by atoms with Crippen molar-refractivity contribution in [1.29, 1.82) is 0 Å². The Morgan fingerprint density at radius 3 is 2.76 bits per heavy atom. The molecule has 0 aliphatic rings. The number of ether oxygens (including phenoxy) is 1. The minimum Gasteiger partial charge on any atom is -0.496 e. The van der Waals surface area contributed by atoms with E-state index >= 15 is 0 Å². The number of furan rings is 1. The highest BCUT2D eigenvalue weighted by molar-refractivity contribution is 7.99. The minimum atomic E-state index is 0.264. The maximum absolute atomic E-state index is 5.50. The summed E-state index contributed by atoms with van der Waals surface area (Å²) < 4.78 is 10.9. The second-order valence-corrected chi connectivity index (χ2v) is 5.96. The minimum absolute atomic E-state index is 0.264. The molecule has 0 amide bonds. The Labute approximate surface area is 131 Å². The second-order valence-electron chi connectivity index (χ2n) is 4.90. The van der Waals surface area contributed by atoms with Crippen LogP contribution in [0.5, 0.6) is 5.75 Å². The summed E-state index contributed by atoms with van der Waals surface area (Å²) in [6, 6.07) is 10.5. The number of hydrogen-bond donors (Lipinski definition) is 1. The zero-order valence-corrected chi connectivity index (χ0v) is 13.7. The van der Waals surface area contributed by atoms with Gasteiger partial charge in [0, 0.05) is 22.3 Å². The monoisotopic (exact) mass is 305 g/mol. The van der Waals surface area contributed by atoms with Crippen LogP contribution in [0.4, 0.5) is 0 Å². The number of rotatable bonds is 8. The van der Waals surface area contributed by atoms with Crippen LogP contribution in [0.25, 0.3) is 0 Å². The standard InChI is InChI=1S/C17H23NO2S/c1-4-10-18-15(12-21-17-9-11-20-13(17)2)14-7-5-6-8-16(14)19-3/h5-9,11,15,18H,4,10,12H2,1-3H3. The topological polar surface area (TPSA) is 34.4 Å². The van der Waals surface area contributed by atoms with Crippen molar-refractivity contribution in [1.82, 2.24) is 5.32 Å². The first-order chi connectivity index (χ1) is 10.3. The Kier molecular flexibility index (Phi) is 6.21. The van der Waals surface area contributed by atoms with E-state index in [-0.39, 0.29) is 6.04 Å². The number of benzene rings is 1. The first kappa shape index (κ1) is 16.0. The van der Waals surface area contributed by atoms with Gasteiger partial charge in [-0.25, -0.2) is 0 Å². The van der Waals surface area contributed by atoms with E-state index in [0.29, 0.717) is 0 Å². The van der Waals surface area contributed by atoms with Gasteiger partial charge in [-0.1, -0.05) is 25.1 Å². The van der Waals surface area contributed by atoms with E-state index in [1.165, 1.54) is 10.5 Å². The number of para-hydroxylation sites is 1. The first-order valence-corrected chi connectivity index (χ1v) is 8.28. The summed E-state index contributed by atoms with van der Waals surface area (Å²) in [5, 5.41) is 3.61. The van der Waals surface area contributed by atoms with E-state index in [1.807, 2.05) is 36.9 Å². The van der Waals surface area contributed by atoms with E-state index in [9.17, 15) is 0 Å². The van der Waals surface area contributed by atoms with E-state index in [1.54, 1.807) is 13.4 Å². The number of methoxy groups -OCH3 is 1. The van der Waals surface area contributed by atoms with Gasteiger partial charge in [-0.2, -0.15) is 0 Å². The molecule has 3 nitrogen and oxygen atoms in total. The number of thioether (sulfide) groups is 1. The lowest BCUT2D eigenvalue weighted by molar-refractivity contribution is 0.402. The van der Waals surface area contributed by atoms with Crippen molar-refractivity contribution in [3.63, 3.8) is 0 Å². The molecule has 0 saturated heterocycles. The first-order valence-electron chi connectivity index (χ1n) is 7.29. The second kappa shape index (κ2) is 8.15. The Morgan fingerprint density at radius 2 is 2.10 bits per heavy atom. The SMILES string of the molecule is CCCNC(CSc1ccoc1C)c1ccccc1OC. The summed E-state index contributed by atoms with van der Waals surface area (Å²) in [6.07, 6.45) is 2.86. The molecule has 2 aromatic rings. The summed E-state index contributed by atoms with van der Waals surface area (Å²) in [5.74, 6) is 2.87. The van der Waals surface area contributed by atoms with Crippen molar-refractivity contribution in [2.24, 2.45) is 0 Å². The van der Waals surface area contributed by atoms with Gasteiger partial charge in [0.1, 0.15) is 11.5 Å². The van der Waals surface area contributed by atoms with Gasteiger partial charge in [0.25, 0.3) is 0 Å². The molecule has 0 fully saturated rings. The summed E-state index contributed by atoms with van der Waals surface area (Å²) >= 11 is 1.81. The van der Waals surface area contributed by atoms with Crippen LogP contribution in [0.2, 0.25) is 0 Å². The molecule has 0 saturated carbocycles. The van der Waals surface area contributed by atoms with Gasteiger partial charge >= 0.3 is 0 Å². The Bertz CT molecular complexity index is 553. The number of aryl methyl sites for hydroxylation is 1. The molecule has 0 aliphatic heterocycles. The van der Waals surface area contributed by atoms with Crippen LogP contribution >= 0.6 is 11.8 Å². The molecule has 114 valence electrons. The van der Waals surface area contributed by atoms with Crippen LogP contribution in [0.1, 0.15) is 30.7 Å². The van der Waals surface area contributed by atoms with E-state index < -0.39 is 0 Å². The van der Waals surface area contributed by atoms with Crippen LogP contribution in [0.3, 0.4) is 0 Å². The summed E-state index contributed by atoms with van der Waals surface area (Å²) in [7, 11) is 1.73. The van der Waals surface area contributed by atoms with Gasteiger partial charge in [0.05, 0.1) is 13.4 Å². The van der Waals surface area contributed by atoms with Gasteiger partial charge in [0.15, 0.2) is 0 Å². The van der Waals surface area contributed by atoms with Gasteiger partial charge in [-0.05, 0) is 32.0 Å². The fourth-order valence-corrected chi connectivity index (χ4v) is 3.27. The summed E-state index contributed by atoms with van der Waals surface area (Å²) in [4.78, 5) is 1.20. The van der Waals surface area contributed by atoms with Gasteiger partial charge < -0.3 is 14.5 Å². The lowest BCUT2D eigenvalue weighted by Gasteiger charge is -2.20. The number of hydrogen-bond acceptors (Lipinski definition) is 4. The Hall–Kier alpha value is -1.39. The largest absolute Gasteiger partial charge is 0.496 e. The lowest BCUT2D eigenvalue weighted by Crippen LogP contribution is -2.24. The molecule has 0 spiro atoms. The van der Waals surface area contributed by atoms with Crippen molar-refractivity contribution in [3.8, 4) is 5.75 Å². The van der Waals surface area contributed by atoms with Gasteiger partial charge in [-0.15, -0.1) is 11.8 Å². The average molecular weight is 305 g/mol. The smallest absolute Gasteiger partial charge is 0.123 e. The van der Waals surface area contributed by atoms with Crippen molar-refractivity contribution >= 4 is 11.8 Å². The number of nitrogens with one attached hydrogen (secondary N) is 1. The maximum atomic E-state index is 5.50. The highest BCUT2D eigenvalue weighted by atomic mass is 32.2. The molecule has 0 radical (unpaired) electrons. The molecular weight excluding hydrogens is 282 g/mol. The van der Waals surface area contributed by atoms with E-state index in [2.05, 4.69) is 24.4 Å². The Balaban J connectivity index is 2.12. The molecule has 0 aliphatic carbocycles. The molecule has 1 unspecified atom stereocenters. The molecule has 1 aromatic carbocycles. The highest BCUT2D eigenvalue weighted by Gasteiger charge is 2.16. The third-order valence-electron chi connectivity index (χ3n) is 3.37. The molecule has 1 aromatic heterocycles. The summed E-state index contributed by atoms with van der Waals surface area (Å²) in [6.45, 7) is 5.17. The van der Waals surface area contributed by atoms with Crippen LogP contribution in [0, 0.1) is 6.92 Å².